The molecule has 1 nitrogen and oxygen atoms in total. The minimum atomic E-state index is 0.840. The van der Waals surface area contributed by atoms with Crippen molar-refractivity contribution in [3.8, 4) is 22.6 Å². The summed E-state index contributed by atoms with van der Waals surface area (Å²) >= 11 is 0. The topological polar surface area (TPSA) is 9.23 Å². The Hall–Kier alpha value is -2.80. The molecule has 1 heteroatoms. The molecule has 0 bridgehead atoms. The molecule has 0 spiro atoms. The van der Waals surface area contributed by atoms with Crippen LogP contribution in [0.2, 0.25) is 0 Å². The maximum atomic E-state index is 5.79. The molecule has 0 aliphatic heterocycles. The molecule has 3 rings (SSSR count). The van der Waals surface area contributed by atoms with Crippen LogP contribution in [-0.2, 0) is 0 Å². The van der Waals surface area contributed by atoms with Gasteiger partial charge in [-0.05, 0) is 41.0 Å². The average molecular weight is 272 g/mol. The zero-order valence-corrected chi connectivity index (χ0v) is 11.7. The Bertz CT molecular complexity index is 710. The maximum absolute atomic E-state index is 5.79. The van der Waals surface area contributed by atoms with Crippen molar-refractivity contribution in [2.75, 3.05) is 0 Å². The van der Waals surface area contributed by atoms with E-state index < -0.39 is 0 Å². The van der Waals surface area contributed by atoms with Gasteiger partial charge in [0.05, 0.1) is 0 Å². The minimum Gasteiger partial charge on any atom is -0.457 e. The molecule has 3 aromatic rings. The third kappa shape index (κ3) is 3.21. The highest BCUT2D eigenvalue weighted by Crippen LogP contribution is 2.26. The maximum Gasteiger partial charge on any atom is 0.127 e. The highest BCUT2D eigenvalue weighted by molar-refractivity contribution is 5.66. The molecule has 0 amide bonds. The second-order valence-electron chi connectivity index (χ2n) is 4.77. The van der Waals surface area contributed by atoms with Gasteiger partial charge in [-0.1, -0.05) is 67.3 Å². The summed E-state index contributed by atoms with van der Waals surface area (Å²) in [6, 6.07) is 26.2. The Kier molecular flexibility index (Phi) is 3.83. The van der Waals surface area contributed by atoms with Crippen LogP contribution in [0.1, 0.15) is 5.56 Å². The number of para-hydroxylation sites is 1. The molecule has 0 aromatic heterocycles. The fourth-order valence-electron chi connectivity index (χ4n) is 2.15. The SMILES string of the molecule is C=Cc1ccc(-c2ccc(Oc3ccccc3)cc2)cc1. The van der Waals surface area contributed by atoms with Gasteiger partial charge in [0.25, 0.3) is 0 Å². The van der Waals surface area contributed by atoms with E-state index in [9.17, 15) is 0 Å². The summed E-state index contributed by atoms with van der Waals surface area (Å²) in [5.74, 6) is 1.69. The molecule has 0 unspecified atom stereocenters. The summed E-state index contributed by atoms with van der Waals surface area (Å²) in [6.45, 7) is 3.77. The van der Waals surface area contributed by atoms with Gasteiger partial charge < -0.3 is 4.74 Å². The molecule has 3 aromatic carbocycles. The van der Waals surface area contributed by atoms with Gasteiger partial charge >= 0.3 is 0 Å². The van der Waals surface area contributed by atoms with Crippen LogP contribution in [-0.4, -0.2) is 0 Å². The van der Waals surface area contributed by atoms with E-state index in [1.54, 1.807) is 0 Å². The number of benzene rings is 3. The van der Waals surface area contributed by atoms with Crippen molar-refractivity contribution < 1.29 is 4.74 Å². The molecule has 0 saturated carbocycles. The second kappa shape index (κ2) is 6.10. The summed E-state index contributed by atoms with van der Waals surface area (Å²) in [7, 11) is 0. The lowest BCUT2D eigenvalue weighted by atomic mass is 10.0. The van der Waals surface area contributed by atoms with Gasteiger partial charge in [0, 0.05) is 0 Å². The third-order valence-electron chi connectivity index (χ3n) is 3.31. The van der Waals surface area contributed by atoms with Crippen molar-refractivity contribution >= 4 is 6.08 Å². The lowest BCUT2D eigenvalue weighted by Gasteiger charge is -2.07. The van der Waals surface area contributed by atoms with Crippen LogP contribution in [0, 0.1) is 0 Å². The minimum absolute atomic E-state index is 0.840. The van der Waals surface area contributed by atoms with Crippen LogP contribution in [0.15, 0.2) is 85.4 Å². The molecule has 0 N–H and O–H groups in total. The number of hydrogen-bond donors (Lipinski definition) is 0. The first-order valence-electron chi connectivity index (χ1n) is 6.91. The molecule has 0 heterocycles. The zero-order chi connectivity index (χ0) is 14.5. The van der Waals surface area contributed by atoms with Gasteiger partial charge in [0.2, 0.25) is 0 Å². The Morgan fingerprint density at radius 1 is 0.619 bits per heavy atom. The van der Waals surface area contributed by atoms with Crippen LogP contribution in [0.4, 0.5) is 0 Å². The summed E-state index contributed by atoms with van der Waals surface area (Å²) < 4.78 is 5.79. The van der Waals surface area contributed by atoms with E-state index >= 15 is 0 Å². The predicted molar refractivity (Wildman–Crippen MR) is 88.5 cm³/mol. The molecule has 102 valence electrons. The van der Waals surface area contributed by atoms with E-state index in [-0.39, 0.29) is 0 Å². The summed E-state index contributed by atoms with van der Waals surface area (Å²) in [4.78, 5) is 0. The first-order valence-corrected chi connectivity index (χ1v) is 6.91. The molecule has 0 fully saturated rings. The van der Waals surface area contributed by atoms with Crippen LogP contribution in [0.25, 0.3) is 17.2 Å². The highest BCUT2D eigenvalue weighted by Gasteiger charge is 2.00. The van der Waals surface area contributed by atoms with Gasteiger partial charge in [-0.15, -0.1) is 0 Å². The molecule has 0 aliphatic carbocycles. The smallest absolute Gasteiger partial charge is 0.127 e. The Morgan fingerprint density at radius 2 is 1.14 bits per heavy atom. The first-order chi connectivity index (χ1) is 10.3. The van der Waals surface area contributed by atoms with E-state index in [1.165, 1.54) is 11.1 Å². The molecule has 0 saturated heterocycles. The second-order valence-corrected chi connectivity index (χ2v) is 4.77. The summed E-state index contributed by atoms with van der Waals surface area (Å²) in [5, 5.41) is 0. The monoisotopic (exact) mass is 272 g/mol. The van der Waals surface area contributed by atoms with Gasteiger partial charge in [0.15, 0.2) is 0 Å². The van der Waals surface area contributed by atoms with E-state index in [4.69, 9.17) is 4.74 Å². The van der Waals surface area contributed by atoms with Crippen LogP contribution in [0.3, 0.4) is 0 Å². The normalized spacial score (nSPS) is 10.1. The molecule has 0 radical (unpaired) electrons. The van der Waals surface area contributed by atoms with Crippen molar-refractivity contribution in [3.05, 3.63) is 91.0 Å². The van der Waals surface area contributed by atoms with Crippen molar-refractivity contribution in [2.24, 2.45) is 0 Å². The van der Waals surface area contributed by atoms with Crippen LogP contribution < -0.4 is 4.74 Å². The number of ether oxygens (including phenoxy) is 1. The lowest BCUT2D eigenvalue weighted by molar-refractivity contribution is 0.483. The Morgan fingerprint density at radius 3 is 1.71 bits per heavy atom. The summed E-state index contributed by atoms with van der Waals surface area (Å²) in [6.07, 6.45) is 1.85. The number of rotatable bonds is 4. The highest BCUT2D eigenvalue weighted by atomic mass is 16.5. The Labute approximate surface area is 125 Å². The molecular weight excluding hydrogens is 256 g/mol. The molecule has 0 atom stereocenters. The van der Waals surface area contributed by atoms with Gasteiger partial charge in [0.1, 0.15) is 11.5 Å². The molecular formula is C20H16O. The zero-order valence-electron chi connectivity index (χ0n) is 11.7. The van der Waals surface area contributed by atoms with Gasteiger partial charge in [-0.3, -0.25) is 0 Å². The standard InChI is InChI=1S/C20H16O/c1-2-16-8-10-17(11-9-16)18-12-14-20(15-13-18)21-19-6-4-3-5-7-19/h2-15H,1H2. The van der Waals surface area contributed by atoms with Gasteiger partial charge in [-0.2, -0.15) is 0 Å². The predicted octanol–water partition coefficient (Wildman–Crippen LogP) is 5.79. The third-order valence-corrected chi connectivity index (χ3v) is 3.31. The average Bonchev–Trinajstić information content (AvgIpc) is 2.57. The van der Waals surface area contributed by atoms with Crippen molar-refractivity contribution in [1.29, 1.82) is 0 Å². The van der Waals surface area contributed by atoms with Crippen molar-refractivity contribution in [2.45, 2.75) is 0 Å². The fourth-order valence-corrected chi connectivity index (χ4v) is 2.15. The number of hydrogen-bond acceptors (Lipinski definition) is 1. The van der Waals surface area contributed by atoms with E-state index in [2.05, 4.69) is 43.0 Å². The summed E-state index contributed by atoms with van der Waals surface area (Å²) in [5.41, 5.74) is 3.49. The van der Waals surface area contributed by atoms with E-state index in [0.717, 1.165) is 17.1 Å². The fraction of sp³-hybridized carbons (Fsp3) is 0. The van der Waals surface area contributed by atoms with E-state index in [1.807, 2.05) is 48.5 Å². The lowest BCUT2D eigenvalue weighted by Crippen LogP contribution is -1.84. The largest absolute Gasteiger partial charge is 0.457 e. The molecule has 21 heavy (non-hydrogen) atoms. The van der Waals surface area contributed by atoms with Crippen LogP contribution >= 0.6 is 0 Å². The first kappa shape index (κ1) is 13.2. The van der Waals surface area contributed by atoms with Crippen molar-refractivity contribution in [1.82, 2.24) is 0 Å². The quantitative estimate of drug-likeness (QED) is 0.584. The van der Waals surface area contributed by atoms with Gasteiger partial charge in [-0.25, -0.2) is 0 Å². The van der Waals surface area contributed by atoms with Crippen molar-refractivity contribution in [3.63, 3.8) is 0 Å². The van der Waals surface area contributed by atoms with E-state index in [0.29, 0.717) is 0 Å². The Balaban J connectivity index is 1.78. The van der Waals surface area contributed by atoms with Crippen LogP contribution in [0.5, 0.6) is 11.5 Å². The molecule has 0 aliphatic rings.